The lowest BCUT2D eigenvalue weighted by molar-refractivity contribution is 1.03. The van der Waals surface area contributed by atoms with Crippen molar-refractivity contribution in [2.45, 2.75) is 13.8 Å². The smallest absolute Gasteiger partial charge is 0.184 e. The summed E-state index contributed by atoms with van der Waals surface area (Å²) in [5.74, 6) is 0. The first-order valence-electron chi connectivity index (χ1n) is 5.80. The van der Waals surface area contributed by atoms with Crippen LogP contribution in [0.3, 0.4) is 0 Å². The number of H-pyrrole nitrogens is 1. The van der Waals surface area contributed by atoms with Gasteiger partial charge in [-0.05, 0) is 49.8 Å². The summed E-state index contributed by atoms with van der Waals surface area (Å²) in [6, 6.07) is 10.2. The van der Waals surface area contributed by atoms with Crippen LogP contribution in [0.15, 0.2) is 36.5 Å². The molecule has 0 bridgehead atoms. The van der Waals surface area contributed by atoms with Gasteiger partial charge in [-0.15, -0.1) is 0 Å². The number of pyridine rings is 1. The molecule has 0 atom stereocenters. The number of rotatable bonds is 1. The van der Waals surface area contributed by atoms with E-state index in [0.717, 1.165) is 16.9 Å². The largest absolute Gasteiger partial charge is 0.329 e. The molecule has 0 amide bonds. The zero-order valence-electron chi connectivity index (χ0n) is 10.3. The summed E-state index contributed by atoms with van der Waals surface area (Å²) < 4.78 is 2.66. The molecule has 3 nitrogen and oxygen atoms in total. The minimum Gasteiger partial charge on any atom is -0.329 e. The maximum Gasteiger partial charge on any atom is 0.184 e. The Labute approximate surface area is 110 Å². The SMILES string of the molecule is Cc1ccc(-n2c(=S)[nH]c3cccnc32)c(C)c1. The first-order valence-corrected chi connectivity index (χ1v) is 6.21. The van der Waals surface area contributed by atoms with Gasteiger partial charge in [0.2, 0.25) is 0 Å². The van der Waals surface area contributed by atoms with Crippen LogP contribution < -0.4 is 0 Å². The molecule has 0 saturated heterocycles. The van der Waals surface area contributed by atoms with Crippen LogP contribution in [0.25, 0.3) is 16.9 Å². The van der Waals surface area contributed by atoms with Crippen LogP contribution in [-0.4, -0.2) is 14.5 Å². The minimum atomic E-state index is 0.677. The number of aromatic nitrogens is 3. The zero-order chi connectivity index (χ0) is 12.7. The fourth-order valence-electron chi connectivity index (χ4n) is 2.22. The van der Waals surface area contributed by atoms with Crippen molar-refractivity contribution in [1.82, 2.24) is 14.5 Å². The summed E-state index contributed by atoms with van der Waals surface area (Å²) in [6.07, 6.45) is 1.78. The molecule has 0 unspecified atom stereocenters. The molecule has 18 heavy (non-hydrogen) atoms. The van der Waals surface area contributed by atoms with E-state index in [2.05, 4.69) is 42.0 Å². The quantitative estimate of drug-likeness (QED) is 0.673. The van der Waals surface area contributed by atoms with Gasteiger partial charge in [-0.3, -0.25) is 4.57 Å². The summed E-state index contributed by atoms with van der Waals surface area (Å²) in [4.78, 5) is 7.59. The van der Waals surface area contributed by atoms with Crippen LogP contribution in [0, 0.1) is 18.6 Å². The van der Waals surface area contributed by atoms with Gasteiger partial charge in [-0.1, -0.05) is 17.7 Å². The maximum absolute atomic E-state index is 5.39. The molecule has 0 aliphatic heterocycles. The summed E-state index contributed by atoms with van der Waals surface area (Å²) in [5.41, 5.74) is 5.35. The van der Waals surface area contributed by atoms with Gasteiger partial charge in [0.15, 0.2) is 10.4 Å². The molecular formula is C14H13N3S. The molecule has 2 aromatic heterocycles. The molecule has 0 spiro atoms. The topological polar surface area (TPSA) is 33.6 Å². The zero-order valence-corrected chi connectivity index (χ0v) is 11.1. The molecule has 1 aromatic carbocycles. The molecule has 90 valence electrons. The van der Waals surface area contributed by atoms with Crippen LogP contribution >= 0.6 is 12.2 Å². The second-order valence-electron chi connectivity index (χ2n) is 4.43. The van der Waals surface area contributed by atoms with Crippen LogP contribution in [0.2, 0.25) is 0 Å². The first kappa shape index (κ1) is 11.2. The number of benzene rings is 1. The second-order valence-corrected chi connectivity index (χ2v) is 4.82. The molecule has 1 N–H and O–H groups in total. The van der Waals surface area contributed by atoms with Crippen LogP contribution in [0.5, 0.6) is 0 Å². The summed E-state index contributed by atoms with van der Waals surface area (Å²) in [6.45, 7) is 4.18. The molecule has 0 aliphatic rings. The summed E-state index contributed by atoms with van der Waals surface area (Å²) in [7, 11) is 0. The van der Waals surface area contributed by atoms with Gasteiger partial charge in [-0.25, -0.2) is 4.98 Å². The Morgan fingerprint density at radius 2 is 2.06 bits per heavy atom. The van der Waals surface area contributed by atoms with Crippen molar-refractivity contribution in [3.8, 4) is 5.69 Å². The highest BCUT2D eigenvalue weighted by Crippen LogP contribution is 2.21. The number of hydrogen-bond donors (Lipinski definition) is 1. The third-order valence-corrected chi connectivity index (χ3v) is 3.32. The van der Waals surface area contributed by atoms with Gasteiger partial charge in [0.25, 0.3) is 0 Å². The average molecular weight is 255 g/mol. The van der Waals surface area contributed by atoms with Crippen molar-refractivity contribution in [1.29, 1.82) is 0 Å². The van der Waals surface area contributed by atoms with E-state index in [1.54, 1.807) is 6.20 Å². The van der Waals surface area contributed by atoms with E-state index < -0.39 is 0 Å². The van der Waals surface area contributed by atoms with Crippen molar-refractivity contribution < 1.29 is 0 Å². The summed E-state index contributed by atoms with van der Waals surface area (Å²) >= 11 is 5.39. The van der Waals surface area contributed by atoms with Crippen molar-refractivity contribution in [3.05, 3.63) is 52.4 Å². The molecule has 0 aliphatic carbocycles. The number of fused-ring (bicyclic) bond motifs is 1. The Kier molecular flexibility index (Phi) is 2.52. The minimum absolute atomic E-state index is 0.677. The first-order chi connectivity index (χ1) is 8.66. The third kappa shape index (κ3) is 1.66. The Balaban J connectivity index is 2.38. The normalized spacial score (nSPS) is 11.0. The number of aromatic amines is 1. The molecule has 3 aromatic rings. The maximum atomic E-state index is 5.39. The van der Waals surface area contributed by atoms with Gasteiger partial charge in [0.1, 0.15) is 0 Å². The van der Waals surface area contributed by atoms with E-state index in [4.69, 9.17) is 12.2 Å². The van der Waals surface area contributed by atoms with Crippen molar-refractivity contribution in [2.24, 2.45) is 0 Å². The molecular weight excluding hydrogens is 242 g/mol. The molecule has 2 heterocycles. The Morgan fingerprint density at radius 1 is 1.22 bits per heavy atom. The Bertz CT molecular complexity index is 783. The van der Waals surface area contributed by atoms with E-state index in [-0.39, 0.29) is 0 Å². The van der Waals surface area contributed by atoms with E-state index in [1.807, 2.05) is 16.7 Å². The monoisotopic (exact) mass is 255 g/mol. The van der Waals surface area contributed by atoms with Gasteiger partial charge in [0.05, 0.1) is 11.2 Å². The third-order valence-electron chi connectivity index (χ3n) is 3.04. The van der Waals surface area contributed by atoms with Gasteiger partial charge < -0.3 is 4.98 Å². The van der Waals surface area contributed by atoms with E-state index in [1.165, 1.54) is 11.1 Å². The van der Waals surface area contributed by atoms with Gasteiger partial charge >= 0.3 is 0 Å². The van der Waals surface area contributed by atoms with Crippen molar-refractivity contribution in [3.63, 3.8) is 0 Å². The van der Waals surface area contributed by atoms with E-state index in [0.29, 0.717) is 4.77 Å². The average Bonchev–Trinajstić information content (AvgIpc) is 2.66. The fourth-order valence-corrected chi connectivity index (χ4v) is 2.51. The van der Waals surface area contributed by atoms with Gasteiger partial charge in [0, 0.05) is 6.20 Å². The lowest BCUT2D eigenvalue weighted by Gasteiger charge is -2.08. The van der Waals surface area contributed by atoms with Crippen molar-refractivity contribution >= 4 is 23.4 Å². The van der Waals surface area contributed by atoms with Crippen LogP contribution in [0.1, 0.15) is 11.1 Å². The molecule has 0 fully saturated rings. The Hall–Kier alpha value is -1.94. The predicted molar refractivity (Wildman–Crippen MR) is 75.7 cm³/mol. The fraction of sp³-hybridized carbons (Fsp3) is 0.143. The number of aryl methyl sites for hydroxylation is 2. The number of imidazole rings is 1. The number of nitrogens with one attached hydrogen (secondary N) is 1. The molecule has 0 saturated carbocycles. The highest BCUT2D eigenvalue weighted by atomic mass is 32.1. The number of hydrogen-bond acceptors (Lipinski definition) is 2. The second kappa shape index (κ2) is 4.07. The molecule has 4 heteroatoms. The Morgan fingerprint density at radius 3 is 2.83 bits per heavy atom. The standard InChI is InChI=1S/C14H13N3S/c1-9-5-6-12(10(2)8-9)17-13-11(16-14(17)18)4-3-7-15-13/h3-8H,1-2H3,(H,16,18). The number of nitrogens with zero attached hydrogens (tertiary/aromatic N) is 2. The van der Waals surface area contributed by atoms with Gasteiger partial charge in [-0.2, -0.15) is 0 Å². The highest BCUT2D eigenvalue weighted by Gasteiger charge is 2.09. The predicted octanol–water partition coefficient (Wildman–Crippen LogP) is 3.70. The lowest BCUT2D eigenvalue weighted by atomic mass is 10.1. The molecule has 3 rings (SSSR count). The van der Waals surface area contributed by atoms with E-state index >= 15 is 0 Å². The molecule has 0 radical (unpaired) electrons. The van der Waals surface area contributed by atoms with E-state index in [9.17, 15) is 0 Å². The lowest BCUT2D eigenvalue weighted by Crippen LogP contribution is -1.98. The highest BCUT2D eigenvalue weighted by molar-refractivity contribution is 7.71. The van der Waals surface area contributed by atoms with Crippen LogP contribution in [0.4, 0.5) is 0 Å². The van der Waals surface area contributed by atoms with Crippen molar-refractivity contribution in [2.75, 3.05) is 0 Å². The summed E-state index contributed by atoms with van der Waals surface area (Å²) in [5, 5.41) is 0. The van der Waals surface area contributed by atoms with Crippen LogP contribution in [-0.2, 0) is 0 Å².